The number of hydrogen-bond donors (Lipinski definition) is 0. The van der Waals surface area contributed by atoms with Crippen molar-refractivity contribution in [3.05, 3.63) is 60.2 Å². The minimum Gasteiger partial charge on any atom is -0.298 e. The molecule has 8 heteroatoms. The standard InChI is InChI=1S/C24H34N2O4S2/c1-3-4-16-25-17-8-9-18-26(32(29,30)24-14-12-21(2)13-15-24)19-22(25)20-31(27,28)23-10-6-5-7-11-23/h5-7,10-15,22H,3-4,8-9,16-20H2,1-2H3. The van der Waals surface area contributed by atoms with Gasteiger partial charge in [0.2, 0.25) is 10.0 Å². The first kappa shape index (κ1) is 24.9. The lowest BCUT2D eigenvalue weighted by molar-refractivity contribution is 0.160. The second-order valence-electron chi connectivity index (χ2n) is 8.52. The van der Waals surface area contributed by atoms with Gasteiger partial charge in [0, 0.05) is 19.1 Å². The molecule has 6 nitrogen and oxygen atoms in total. The van der Waals surface area contributed by atoms with E-state index in [1.165, 1.54) is 4.31 Å². The molecule has 0 aliphatic carbocycles. The summed E-state index contributed by atoms with van der Waals surface area (Å²) in [5, 5.41) is 0. The lowest BCUT2D eigenvalue weighted by Gasteiger charge is -2.37. The fourth-order valence-corrected chi connectivity index (χ4v) is 7.20. The molecule has 0 aromatic heterocycles. The SMILES string of the molecule is CCCCN1CCCCN(S(=O)(=O)c2ccc(C)cc2)CC1CS(=O)(=O)c1ccccc1. The summed E-state index contributed by atoms with van der Waals surface area (Å²) in [6.07, 6.45) is 3.55. The summed E-state index contributed by atoms with van der Waals surface area (Å²) in [7, 11) is -7.25. The molecule has 32 heavy (non-hydrogen) atoms. The van der Waals surface area contributed by atoms with Crippen LogP contribution < -0.4 is 0 Å². The molecule has 2 aromatic carbocycles. The number of nitrogens with zero attached hydrogens (tertiary/aromatic N) is 2. The summed E-state index contributed by atoms with van der Waals surface area (Å²) in [5.74, 6) is -0.0966. The van der Waals surface area contributed by atoms with E-state index >= 15 is 0 Å². The van der Waals surface area contributed by atoms with Crippen LogP contribution in [-0.4, -0.2) is 64.0 Å². The van der Waals surface area contributed by atoms with Crippen molar-refractivity contribution in [1.29, 1.82) is 0 Å². The molecule has 1 heterocycles. The Morgan fingerprint density at radius 1 is 0.875 bits per heavy atom. The molecule has 1 atom stereocenters. The Balaban J connectivity index is 1.92. The van der Waals surface area contributed by atoms with Crippen LogP contribution in [0.25, 0.3) is 0 Å². The van der Waals surface area contributed by atoms with Gasteiger partial charge in [-0.25, -0.2) is 16.8 Å². The second kappa shape index (κ2) is 10.9. The predicted molar refractivity (Wildman–Crippen MR) is 128 cm³/mol. The second-order valence-corrected chi connectivity index (χ2v) is 12.5. The van der Waals surface area contributed by atoms with Crippen molar-refractivity contribution in [2.75, 3.05) is 31.9 Å². The number of hydrogen-bond acceptors (Lipinski definition) is 5. The van der Waals surface area contributed by atoms with Crippen molar-refractivity contribution >= 4 is 19.9 Å². The van der Waals surface area contributed by atoms with Gasteiger partial charge in [0.1, 0.15) is 0 Å². The predicted octanol–water partition coefficient (Wildman–Crippen LogP) is 3.72. The van der Waals surface area contributed by atoms with Crippen LogP contribution in [-0.2, 0) is 19.9 Å². The number of unbranched alkanes of at least 4 members (excludes halogenated alkanes) is 1. The Hall–Kier alpha value is -1.74. The van der Waals surface area contributed by atoms with Crippen molar-refractivity contribution < 1.29 is 16.8 Å². The Morgan fingerprint density at radius 3 is 2.19 bits per heavy atom. The molecule has 1 aliphatic rings. The van der Waals surface area contributed by atoms with Crippen molar-refractivity contribution in [2.24, 2.45) is 0 Å². The van der Waals surface area contributed by atoms with E-state index in [1.807, 2.05) is 6.92 Å². The van der Waals surface area contributed by atoms with Crippen molar-refractivity contribution in [1.82, 2.24) is 9.21 Å². The third-order valence-corrected chi connectivity index (χ3v) is 9.70. The molecular formula is C24H34N2O4S2. The van der Waals surface area contributed by atoms with E-state index in [2.05, 4.69) is 11.8 Å². The average molecular weight is 479 g/mol. The van der Waals surface area contributed by atoms with Crippen LogP contribution in [0.3, 0.4) is 0 Å². The van der Waals surface area contributed by atoms with E-state index in [-0.39, 0.29) is 22.1 Å². The molecule has 176 valence electrons. The molecule has 1 unspecified atom stereocenters. The Labute approximate surface area is 193 Å². The van der Waals surface area contributed by atoms with Gasteiger partial charge in [0.15, 0.2) is 9.84 Å². The van der Waals surface area contributed by atoms with E-state index < -0.39 is 25.9 Å². The molecule has 1 saturated heterocycles. The lowest BCUT2D eigenvalue weighted by Crippen LogP contribution is -2.51. The van der Waals surface area contributed by atoms with E-state index in [1.54, 1.807) is 54.6 Å². The average Bonchev–Trinajstić information content (AvgIpc) is 2.76. The monoisotopic (exact) mass is 478 g/mol. The van der Waals surface area contributed by atoms with Gasteiger partial charge in [-0.05, 0) is 63.5 Å². The lowest BCUT2D eigenvalue weighted by atomic mass is 10.1. The van der Waals surface area contributed by atoms with Gasteiger partial charge in [-0.3, -0.25) is 4.90 Å². The third-order valence-electron chi connectivity index (χ3n) is 6.01. The Bertz CT molecular complexity index is 1070. The first-order chi connectivity index (χ1) is 15.2. The van der Waals surface area contributed by atoms with Gasteiger partial charge in [0.25, 0.3) is 0 Å². The first-order valence-electron chi connectivity index (χ1n) is 11.3. The fraction of sp³-hybridized carbons (Fsp3) is 0.500. The highest BCUT2D eigenvalue weighted by Gasteiger charge is 2.33. The zero-order valence-corrected chi connectivity index (χ0v) is 20.6. The first-order valence-corrected chi connectivity index (χ1v) is 14.4. The van der Waals surface area contributed by atoms with Gasteiger partial charge >= 0.3 is 0 Å². The maximum atomic E-state index is 13.4. The molecule has 0 radical (unpaired) electrons. The highest BCUT2D eigenvalue weighted by molar-refractivity contribution is 7.91. The molecule has 0 amide bonds. The largest absolute Gasteiger partial charge is 0.298 e. The Kier molecular flexibility index (Phi) is 8.49. The van der Waals surface area contributed by atoms with Gasteiger partial charge < -0.3 is 0 Å². The van der Waals surface area contributed by atoms with E-state index in [0.717, 1.165) is 44.3 Å². The molecular weight excluding hydrogens is 444 g/mol. The van der Waals surface area contributed by atoms with E-state index in [9.17, 15) is 16.8 Å². The van der Waals surface area contributed by atoms with Crippen LogP contribution in [0.1, 0.15) is 38.2 Å². The molecule has 0 spiro atoms. The van der Waals surface area contributed by atoms with Crippen molar-refractivity contribution in [3.8, 4) is 0 Å². The summed E-state index contributed by atoms with van der Waals surface area (Å²) in [4.78, 5) is 2.72. The topological polar surface area (TPSA) is 74.8 Å². The van der Waals surface area contributed by atoms with Crippen LogP contribution in [0.5, 0.6) is 0 Å². The summed E-state index contributed by atoms with van der Waals surface area (Å²) in [5.41, 5.74) is 0.995. The van der Waals surface area contributed by atoms with Crippen LogP contribution in [0.4, 0.5) is 0 Å². The van der Waals surface area contributed by atoms with E-state index in [4.69, 9.17) is 0 Å². The summed E-state index contributed by atoms with van der Waals surface area (Å²) >= 11 is 0. The van der Waals surface area contributed by atoms with Crippen LogP contribution in [0.2, 0.25) is 0 Å². The summed E-state index contributed by atoms with van der Waals surface area (Å²) in [6.45, 7) is 6.15. The highest BCUT2D eigenvalue weighted by atomic mass is 32.2. The maximum Gasteiger partial charge on any atom is 0.243 e. The fourth-order valence-electron chi connectivity index (χ4n) is 4.10. The van der Waals surface area contributed by atoms with Gasteiger partial charge in [-0.1, -0.05) is 49.2 Å². The number of sulfone groups is 1. The van der Waals surface area contributed by atoms with Crippen molar-refractivity contribution in [3.63, 3.8) is 0 Å². The maximum absolute atomic E-state index is 13.4. The summed E-state index contributed by atoms with van der Waals surface area (Å²) in [6, 6.07) is 14.9. The van der Waals surface area contributed by atoms with Gasteiger partial charge in [0.05, 0.1) is 15.5 Å². The zero-order chi connectivity index (χ0) is 23.2. The summed E-state index contributed by atoms with van der Waals surface area (Å²) < 4.78 is 54.7. The normalized spacial score (nSPS) is 19.4. The quantitative estimate of drug-likeness (QED) is 0.578. The molecule has 0 bridgehead atoms. The minimum absolute atomic E-state index is 0.0966. The minimum atomic E-state index is -3.70. The van der Waals surface area contributed by atoms with Crippen LogP contribution in [0.15, 0.2) is 64.4 Å². The molecule has 1 fully saturated rings. The third kappa shape index (κ3) is 6.19. The molecule has 1 aliphatic heterocycles. The number of rotatable bonds is 8. The van der Waals surface area contributed by atoms with Crippen molar-refractivity contribution in [2.45, 2.75) is 55.4 Å². The molecule has 0 saturated carbocycles. The number of sulfonamides is 1. The highest BCUT2D eigenvalue weighted by Crippen LogP contribution is 2.23. The molecule has 0 N–H and O–H groups in total. The van der Waals surface area contributed by atoms with Crippen LogP contribution in [0, 0.1) is 6.92 Å². The van der Waals surface area contributed by atoms with Crippen LogP contribution >= 0.6 is 0 Å². The van der Waals surface area contributed by atoms with Gasteiger partial charge in [-0.15, -0.1) is 0 Å². The smallest absolute Gasteiger partial charge is 0.243 e. The zero-order valence-electron chi connectivity index (χ0n) is 19.0. The number of aryl methyl sites for hydroxylation is 1. The molecule has 2 aromatic rings. The molecule has 3 rings (SSSR count). The number of benzene rings is 2. The van der Waals surface area contributed by atoms with Gasteiger partial charge in [-0.2, -0.15) is 4.31 Å². The Morgan fingerprint density at radius 2 is 1.53 bits per heavy atom. The van der Waals surface area contributed by atoms with E-state index in [0.29, 0.717) is 6.54 Å².